The fraction of sp³-hybridized carbons (Fsp3) is 0.387. The van der Waals surface area contributed by atoms with Gasteiger partial charge in [0.1, 0.15) is 23.2 Å². The zero-order valence-electron chi connectivity index (χ0n) is 25.2. The predicted molar refractivity (Wildman–Crippen MR) is 159 cm³/mol. The Morgan fingerprint density at radius 3 is 2.50 bits per heavy atom. The van der Waals surface area contributed by atoms with E-state index in [0.29, 0.717) is 12.0 Å². The van der Waals surface area contributed by atoms with Crippen LogP contribution in [0.2, 0.25) is 0 Å². The van der Waals surface area contributed by atoms with Gasteiger partial charge in [0.15, 0.2) is 23.6 Å². The number of nitrogens with two attached hydrogens (primary N) is 1. The van der Waals surface area contributed by atoms with E-state index in [1.165, 1.54) is 37.4 Å². The van der Waals surface area contributed by atoms with Gasteiger partial charge in [-0.15, -0.1) is 0 Å². The van der Waals surface area contributed by atoms with Crippen LogP contribution in [0.15, 0.2) is 51.2 Å². The second-order valence-corrected chi connectivity index (χ2v) is 11.2. The largest absolute Gasteiger partial charge is 0.508 e. The van der Waals surface area contributed by atoms with Crippen LogP contribution >= 0.6 is 0 Å². The number of hydrogen-bond acceptors (Lipinski definition) is 11. The third kappa shape index (κ3) is 6.49. The summed E-state index contributed by atoms with van der Waals surface area (Å²) in [6.45, 7) is 8.69. The van der Waals surface area contributed by atoms with Crippen LogP contribution in [0.4, 0.5) is 10.5 Å². The van der Waals surface area contributed by atoms with E-state index in [1.54, 1.807) is 20.8 Å². The van der Waals surface area contributed by atoms with Crippen molar-refractivity contribution in [1.82, 2.24) is 0 Å². The van der Waals surface area contributed by atoms with Crippen molar-refractivity contribution in [1.29, 1.82) is 0 Å². The number of benzene rings is 2. The van der Waals surface area contributed by atoms with Gasteiger partial charge in [-0.3, -0.25) is 4.79 Å². The lowest BCUT2D eigenvalue weighted by atomic mass is 9.89. The average Bonchev–Trinajstić information content (AvgIpc) is 2.94. The minimum atomic E-state index is -1.52. The number of aliphatic hydroxyl groups is 1. The van der Waals surface area contributed by atoms with E-state index in [2.05, 4.69) is 5.32 Å². The number of carbonyl (C=O) groups excluding carboxylic acids is 2. The van der Waals surface area contributed by atoms with Crippen molar-refractivity contribution in [2.24, 2.45) is 5.73 Å². The zero-order chi connectivity index (χ0) is 32.5. The molecule has 13 heteroatoms. The first-order valence-electron chi connectivity index (χ1n) is 13.7. The standard InChI is InChI=1S/C31H36N2O11/c1-14(2)7-8-16-13-17(9-11-19(16)34)27(37)33-21-22(35)18-10-12-20(15(3)24(18)42-28(21)38)41-29-23(36)25(43-30(32)39)26(40-6)31(4,5)44-29/h7,9-13,23,25-26,29,34-36H,8H2,1-6H3,(H2,32,39)(H,33,37)/t23-,25+,26+,29?/m0/s1. The summed E-state index contributed by atoms with van der Waals surface area (Å²) < 4.78 is 27.9. The molecule has 0 bridgehead atoms. The Labute approximate surface area is 252 Å². The van der Waals surface area contributed by atoms with Gasteiger partial charge in [0.05, 0.1) is 11.0 Å². The maximum atomic E-state index is 13.0. The molecule has 1 fully saturated rings. The molecule has 44 heavy (non-hydrogen) atoms. The minimum absolute atomic E-state index is 0.0183. The number of hydrogen-bond donors (Lipinski definition) is 5. The molecule has 236 valence electrons. The Hall–Kier alpha value is -4.59. The summed E-state index contributed by atoms with van der Waals surface area (Å²) in [5.41, 5.74) is 4.54. The number of aryl methyl sites for hydroxylation is 1. The van der Waals surface area contributed by atoms with Gasteiger partial charge < -0.3 is 49.7 Å². The quantitative estimate of drug-likeness (QED) is 0.184. The molecule has 13 nitrogen and oxygen atoms in total. The molecule has 4 rings (SSSR count). The molecule has 0 saturated carbocycles. The number of aromatic hydroxyl groups is 2. The van der Waals surface area contributed by atoms with Crippen molar-refractivity contribution >= 4 is 28.7 Å². The number of primary amides is 1. The molecule has 0 radical (unpaired) electrons. The molecule has 2 heterocycles. The van der Waals surface area contributed by atoms with Crippen LogP contribution < -0.4 is 21.4 Å². The highest BCUT2D eigenvalue weighted by Crippen LogP contribution is 2.38. The topological polar surface area (TPSA) is 200 Å². The van der Waals surface area contributed by atoms with Crippen molar-refractivity contribution in [2.45, 2.75) is 71.2 Å². The predicted octanol–water partition coefficient (Wildman–Crippen LogP) is 3.63. The Morgan fingerprint density at radius 1 is 1.16 bits per heavy atom. The number of anilines is 1. The monoisotopic (exact) mass is 612 g/mol. The van der Waals surface area contributed by atoms with E-state index in [4.69, 9.17) is 29.1 Å². The van der Waals surface area contributed by atoms with E-state index < -0.39 is 59.3 Å². The second kappa shape index (κ2) is 12.6. The number of carbonyl (C=O) groups is 2. The number of rotatable bonds is 8. The van der Waals surface area contributed by atoms with Crippen LogP contribution in [-0.4, -0.2) is 64.6 Å². The number of fused-ring (bicyclic) bond motifs is 1. The third-order valence-electron chi connectivity index (χ3n) is 7.33. The minimum Gasteiger partial charge on any atom is -0.508 e. The normalized spacial score (nSPS) is 21.0. The number of ether oxygens (including phenoxy) is 4. The highest BCUT2D eigenvalue weighted by atomic mass is 16.7. The lowest BCUT2D eigenvalue weighted by Crippen LogP contribution is -2.65. The summed E-state index contributed by atoms with van der Waals surface area (Å²) in [5.74, 6) is -1.09. The van der Waals surface area contributed by atoms with Gasteiger partial charge in [0.2, 0.25) is 6.29 Å². The second-order valence-electron chi connectivity index (χ2n) is 11.2. The van der Waals surface area contributed by atoms with Gasteiger partial charge >= 0.3 is 11.7 Å². The Kier molecular flexibility index (Phi) is 9.23. The molecule has 1 aliphatic heterocycles. The first-order chi connectivity index (χ1) is 20.6. The number of amides is 2. The summed E-state index contributed by atoms with van der Waals surface area (Å²) in [4.78, 5) is 37.5. The van der Waals surface area contributed by atoms with E-state index in [1.807, 2.05) is 19.9 Å². The lowest BCUT2D eigenvalue weighted by molar-refractivity contribution is -0.304. The van der Waals surface area contributed by atoms with Crippen molar-refractivity contribution in [2.75, 3.05) is 12.4 Å². The number of phenolic OH excluding ortho intramolecular Hbond substituents is 1. The average molecular weight is 613 g/mol. The van der Waals surface area contributed by atoms with Gasteiger partial charge in [-0.2, -0.15) is 0 Å². The molecule has 1 aromatic heterocycles. The van der Waals surface area contributed by atoms with E-state index in [0.717, 1.165) is 5.57 Å². The number of aliphatic hydroxyl groups excluding tert-OH is 1. The molecule has 2 aromatic carbocycles. The number of nitrogens with one attached hydrogen (secondary N) is 1. The van der Waals surface area contributed by atoms with E-state index in [-0.39, 0.29) is 33.6 Å². The van der Waals surface area contributed by atoms with E-state index in [9.17, 15) is 29.7 Å². The fourth-order valence-electron chi connectivity index (χ4n) is 5.06. The lowest BCUT2D eigenvalue weighted by Gasteiger charge is -2.47. The van der Waals surface area contributed by atoms with Crippen LogP contribution in [0.25, 0.3) is 11.0 Å². The van der Waals surface area contributed by atoms with Crippen molar-refractivity contribution in [3.8, 4) is 17.2 Å². The van der Waals surface area contributed by atoms with E-state index >= 15 is 0 Å². The van der Waals surface area contributed by atoms with Gasteiger partial charge in [0.25, 0.3) is 5.91 Å². The van der Waals surface area contributed by atoms with Gasteiger partial charge in [-0.25, -0.2) is 9.59 Å². The van der Waals surface area contributed by atoms with Crippen LogP contribution in [-0.2, 0) is 20.6 Å². The number of phenols is 1. The molecule has 1 unspecified atom stereocenters. The number of methoxy groups -OCH3 is 1. The molecule has 0 spiro atoms. The molecule has 2 amide bonds. The highest BCUT2D eigenvalue weighted by molar-refractivity contribution is 6.06. The molecular formula is C31H36N2O11. The maximum Gasteiger partial charge on any atom is 0.404 e. The fourth-order valence-corrected chi connectivity index (χ4v) is 5.06. The highest BCUT2D eigenvalue weighted by Gasteiger charge is 2.53. The molecule has 0 aliphatic carbocycles. The van der Waals surface area contributed by atoms with Crippen LogP contribution in [0.1, 0.15) is 49.2 Å². The van der Waals surface area contributed by atoms with Gasteiger partial charge in [-0.05, 0) is 76.9 Å². The van der Waals surface area contributed by atoms with Crippen LogP contribution in [0, 0.1) is 6.92 Å². The van der Waals surface area contributed by atoms with Gasteiger partial charge in [-0.1, -0.05) is 11.6 Å². The zero-order valence-corrected chi connectivity index (χ0v) is 25.2. The summed E-state index contributed by atoms with van der Waals surface area (Å²) in [5, 5.41) is 34.6. The Balaban J connectivity index is 1.63. The molecule has 3 aromatic rings. The number of allylic oxidation sites excluding steroid dienone is 2. The first kappa shape index (κ1) is 32.3. The summed E-state index contributed by atoms with van der Waals surface area (Å²) in [6, 6.07) is 7.12. The van der Waals surface area contributed by atoms with Crippen molar-refractivity contribution in [3.05, 3.63) is 69.1 Å². The SMILES string of the molecule is CO[C@@H]1[C@H](OC(N)=O)[C@H](O)C(Oc2ccc3c(O)c(NC(=O)c4ccc(O)c(CC=C(C)C)c4)c(=O)oc3c2C)OC1(C)C. The molecule has 1 aliphatic rings. The molecule has 1 saturated heterocycles. The van der Waals surface area contributed by atoms with Crippen molar-refractivity contribution in [3.63, 3.8) is 0 Å². The Morgan fingerprint density at radius 2 is 1.86 bits per heavy atom. The maximum absolute atomic E-state index is 13.0. The molecular weight excluding hydrogens is 576 g/mol. The third-order valence-corrected chi connectivity index (χ3v) is 7.33. The first-order valence-corrected chi connectivity index (χ1v) is 13.7. The summed E-state index contributed by atoms with van der Waals surface area (Å²) >= 11 is 0. The summed E-state index contributed by atoms with van der Waals surface area (Å²) in [7, 11) is 1.37. The molecule has 6 N–H and O–H groups in total. The van der Waals surface area contributed by atoms with Crippen molar-refractivity contribution < 1.29 is 48.3 Å². The molecule has 4 atom stereocenters. The Bertz CT molecular complexity index is 1670. The van der Waals surface area contributed by atoms with Gasteiger partial charge in [0, 0.05) is 18.2 Å². The van der Waals surface area contributed by atoms with Crippen LogP contribution in [0.5, 0.6) is 17.2 Å². The smallest absolute Gasteiger partial charge is 0.404 e. The van der Waals surface area contributed by atoms with Crippen LogP contribution in [0.3, 0.4) is 0 Å². The summed E-state index contributed by atoms with van der Waals surface area (Å²) in [6.07, 6.45) is -3.81.